The van der Waals surface area contributed by atoms with Gasteiger partial charge in [-0.05, 0) is 257 Å². The maximum atomic E-state index is 14.5. The number of nitriles is 2. The summed E-state index contributed by atoms with van der Waals surface area (Å²) in [6, 6.07) is 45.7. The number of allylic oxidation sites excluding steroid dienone is 28. The number of amides is 1. The monoisotopic (exact) mass is 1530 g/mol. The second-order valence-corrected chi connectivity index (χ2v) is 34.6. The van der Waals surface area contributed by atoms with Crippen LogP contribution in [0.4, 0.5) is 5.69 Å². The van der Waals surface area contributed by atoms with Gasteiger partial charge in [-0.25, -0.2) is 25.0 Å². The zero-order valence-corrected chi connectivity index (χ0v) is 68.8. The highest BCUT2D eigenvalue weighted by molar-refractivity contribution is 6.38. The highest BCUT2D eigenvalue weighted by atomic mass is 16.5. The molecule has 6 aromatic rings. The number of benzene rings is 6. The first-order valence-corrected chi connectivity index (χ1v) is 40.4. The smallest absolute Gasteiger partial charge is 0.317 e. The van der Waals surface area contributed by atoms with Gasteiger partial charge in [0, 0.05) is 62.7 Å². The van der Waals surface area contributed by atoms with Crippen molar-refractivity contribution in [2.75, 3.05) is 11.9 Å². The van der Waals surface area contributed by atoms with Crippen molar-refractivity contribution >= 4 is 68.3 Å². The Bertz CT molecular complexity index is 6430. The summed E-state index contributed by atoms with van der Waals surface area (Å²) >= 11 is 0. The molecule has 0 radical (unpaired) electrons. The summed E-state index contributed by atoms with van der Waals surface area (Å²) in [5.41, 5.74) is 36.2. The summed E-state index contributed by atoms with van der Waals surface area (Å²) in [4.78, 5) is 51.5. The molecular formula is C106H88N9O3+. The van der Waals surface area contributed by atoms with E-state index in [9.17, 15) is 20.1 Å². The van der Waals surface area contributed by atoms with Crippen molar-refractivity contribution < 1.29 is 14.3 Å². The van der Waals surface area contributed by atoms with Crippen LogP contribution in [0.15, 0.2) is 336 Å². The lowest BCUT2D eigenvalue weighted by atomic mass is 9.42. The standard InChI is InChI=1S/C106H87N9O3/c1-60-48-62(3)94(63(4)49-60)99-89-41-37-85(111-89)96(66-29-31-68(32-30-66)102(117)118-47-21-22-69-52-73-53-71(103(7,8)9)55-83-77-25-17-18-26-78(77)84-56-72(104(10,11)12)54-82(69)106(84,14)105(73,83)13)86-38-42-90(112-86)100(95-64(5)50-61(2)51-65(95)6)92-44-40-88(114-92)97(87-39-43-91(99)113-87)67-33-35-74(36-34-67)110-101(116)70-45-46-109-115(59-70)93(58-108)81(57-107)98-79-27-19-15-23-75(79)76-24-16-20-28-80(76)98/h15-20,23-46,48-56,59,66,68,109H,47H2,1-14H3/p+1/b93-81+,96-85?,96-86?,97-87?,97-88?,99-89?,99-91?,100-90?,100-92?/t66?,68?,105-,106-/m0/s1. The number of nitrogens with one attached hydrogen (secondary N) is 2. The van der Waals surface area contributed by atoms with Gasteiger partial charge in [0.05, 0.1) is 85.3 Å². The molecule has 2 N–H and O–H groups in total. The Kier molecular flexibility index (Phi) is 18.2. The van der Waals surface area contributed by atoms with Gasteiger partial charge >= 0.3 is 5.97 Å². The zero-order valence-electron chi connectivity index (χ0n) is 68.8. The normalized spacial score (nSPS) is 21.5. The predicted molar refractivity (Wildman–Crippen MR) is 477 cm³/mol. The molecule has 12 nitrogen and oxygen atoms in total. The van der Waals surface area contributed by atoms with Crippen LogP contribution in [0.1, 0.15) is 128 Å². The lowest BCUT2D eigenvalue weighted by Crippen LogP contribution is -2.49. The number of esters is 1. The van der Waals surface area contributed by atoms with Crippen molar-refractivity contribution in [1.82, 2.24) is 10.4 Å². The molecule has 6 aliphatic heterocycles. The van der Waals surface area contributed by atoms with E-state index in [-0.39, 0.29) is 45.6 Å². The number of carbonyl (C=O) groups excluding carboxylic acids is 2. The van der Waals surface area contributed by atoms with Gasteiger partial charge in [-0.2, -0.15) is 10.5 Å². The van der Waals surface area contributed by atoms with Crippen LogP contribution in [-0.2, 0) is 14.3 Å². The summed E-state index contributed by atoms with van der Waals surface area (Å²) in [7, 11) is 0. The van der Waals surface area contributed by atoms with Crippen molar-refractivity contribution in [2.45, 2.75) is 96.9 Å². The number of hydrogen-bond donors (Lipinski definition) is 2. The molecular weight excluding hydrogens is 1450 g/mol. The van der Waals surface area contributed by atoms with E-state index < -0.39 is 23.2 Å². The minimum absolute atomic E-state index is 0.0341. The average Bonchev–Trinajstić information content (AvgIpc) is 0.805. The van der Waals surface area contributed by atoms with Crippen LogP contribution in [0.5, 0.6) is 0 Å². The minimum Gasteiger partial charge on any atom is -0.452 e. The zero-order chi connectivity index (χ0) is 82.2. The van der Waals surface area contributed by atoms with E-state index in [2.05, 4.69) is 271 Å². The van der Waals surface area contributed by atoms with Crippen molar-refractivity contribution in [3.63, 3.8) is 0 Å². The number of aliphatic imine (C=N–C) groups is 4. The maximum Gasteiger partial charge on any atom is 0.317 e. The molecule has 0 aromatic heterocycles. The molecule has 8 bridgehead atoms. The van der Waals surface area contributed by atoms with E-state index in [4.69, 9.17) is 24.7 Å². The van der Waals surface area contributed by atoms with Gasteiger partial charge in [0.15, 0.2) is 24.3 Å². The van der Waals surface area contributed by atoms with Crippen molar-refractivity contribution in [2.24, 2.45) is 53.5 Å². The molecule has 2 atom stereocenters. The van der Waals surface area contributed by atoms with E-state index in [1.165, 1.54) is 55.8 Å². The summed E-state index contributed by atoms with van der Waals surface area (Å²) in [5.74, 6) is 5.74. The number of nitrogens with zero attached hydrogens (tertiary/aromatic N) is 7. The molecule has 12 aliphatic rings. The Morgan fingerprint density at radius 2 is 1.04 bits per heavy atom. The lowest BCUT2D eigenvalue weighted by molar-refractivity contribution is -0.143. The van der Waals surface area contributed by atoms with Crippen molar-refractivity contribution in [3.05, 3.63) is 394 Å². The first kappa shape index (κ1) is 75.4. The van der Waals surface area contributed by atoms with Gasteiger partial charge in [-0.1, -0.05) is 188 Å². The van der Waals surface area contributed by atoms with Gasteiger partial charge in [0.2, 0.25) is 5.70 Å². The Morgan fingerprint density at radius 3 is 1.59 bits per heavy atom. The molecule has 6 heterocycles. The Hall–Kier alpha value is -14.0. The fourth-order valence-electron chi connectivity index (χ4n) is 19.1. The number of hydrogen-bond acceptors (Lipinski definition) is 11. The van der Waals surface area contributed by atoms with E-state index in [1.54, 1.807) is 12.3 Å². The number of ether oxygens (including phenoxy) is 1. The molecule has 1 amide bonds. The number of carbonyl (C=O) groups is 2. The van der Waals surface area contributed by atoms with Crippen LogP contribution in [0.25, 0.3) is 39.0 Å². The largest absolute Gasteiger partial charge is 0.452 e. The molecule has 0 saturated carbocycles. The highest BCUT2D eigenvalue weighted by Crippen LogP contribution is 2.72. The van der Waals surface area contributed by atoms with E-state index in [0.717, 1.165) is 134 Å². The van der Waals surface area contributed by atoms with Crippen LogP contribution in [-0.4, -0.2) is 46.3 Å². The number of rotatable bonds is 10. The molecule has 6 aliphatic carbocycles. The van der Waals surface area contributed by atoms with E-state index in [1.807, 2.05) is 84.9 Å². The SMILES string of the molecule is Cc1cc(C)c(C2=C3C=CC(=N3)C(c3ccc(NC(=O)C4=CN(/C(C#N)=C(\C#N)[C+]5c6ccccc6-c6ccccc65)NC=C4)cc3)=C3C=CC(=N3)C(c3c(C)cc(C)cc3C)=C3C=CC(=N3)C(C3C=CC(C(=O)OCC#CC4=C5C=C(C(C)(C)C)C=C6c7ccccc7C7=CC(C(C)(C)C)=CC(=C4)[C@]7(C)[C@]65C)C=C3)=C3C=CC2=N3)c(C)c1. The van der Waals surface area contributed by atoms with Crippen molar-refractivity contribution in [3.8, 4) is 35.1 Å². The van der Waals surface area contributed by atoms with Crippen molar-refractivity contribution in [1.29, 1.82) is 10.5 Å². The molecule has 118 heavy (non-hydrogen) atoms. The average molecular weight is 1540 g/mol. The number of fused-ring (bicyclic) bond motifs is 10. The summed E-state index contributed by atoms with van der Waals surface area (Å²) in [6.07, 6.45) is 41.3. The fourth-order valence-corrected chi connectivity index (χ4v) is 19.1. The second kappa shape index (κ2) is 28.5. The summed E-state index contributed by atoms with van der Waals surface area (Å²) in [5, 5.41) is 26.1. The Morgan fingerprint density at radius 1 is 0.551 bits per heavy atom. The van der Waals surface area contributed by atoms with Gasteiger partial charge < -0.3 is 10.1 Å². The molecule has 0 spiro atoms. The Labute approximate surface area is 691 Å². The van der Waals surface area contributed by atoms with Crippen LogP contribution in [0, 0.1) is 115 Å². The predicted octanol–water partition coefficient (Wildman–Crippen LogP) is 22.1. The summed E-state index contributed by atoms with van der Waals surface area (Å²) in [6.45, 7) is 31.2. The quantitative estimate of drug-likeness (QED) is 0.0452. The summed E-state index contributed by atoms with van der Waals surface area (Å²) < 4.78 is 6.16. The number of anilines is 1. The molecule has 0 unspecified atom stereocenters. The third kappa shape index (κ3) is 12.5. The maximum absolute atomic E-state index is 14.5. The van der Waals surface area contributed by atoms with Gasteiger partial charge in [0.25, 0.3) is 5.91 Å². The van der Waals surface area contributed by atoms with Gasteiger partial charge in [-0.15, -0.1) is 0 Å². The van der Waals surface area contributed by atoms with Crippen LogP contribution in [0.2, 0.25) is 0 Å². The molecule has 18 rings (SSSR count). The second-order valence-electron chi connectivity index (χ2n) is 34.6. The highest BCUT2D eigenvalue weighted by Gasteiger charge is 2.61. The van der Waals surface area contributed by atoms with Crippen LogP contribution in [0.3, 0.4) is 0 Å². The van der Waals surface area contributed by atoms with Crippen LogP contribution < -0.4 is 10.7 Å². The van der Waals surface area contributed by atoms with Crippen LogP contribution >= 0.6 is 0 Å². The van der Waals surface area contributed by atoms with E-state index >= 15 is 0 Å². The van der Waals surface area contributed by atoms with Gasteiger partial charge in [0.1, 0.15) is 0 Å². The molecule has 574 valence electrons. The molecule has 6 aromatic carbocycles. The molecule has 12 heteroatoms. The third-order valence-electron chi connectivity index (χ3n) is 25.0. The number of hydrazine groups is 1. The van der Waals surface area contributed by atoms with Gasteiger partial charge in [-0.3, -0.25) is 15.0 Å². The molecule has 0 fully saturated rings. The first-order chi connectivity index (χ1) is 56.7. The minimum atomic E-state index is -0.674. The Balaban J connectivity index is 0.680. The fraction of sp³-hybridized carbons (Fsp3) is 0.198. The molecule has 0 saturated heterocycles. The third-order valence-corrected chi connectivity index (χ3v) is 25.0. The number of aryl methyl sites for hydroxylation is 6. The topological polar surface area (TPSA) is 168 Å². The first-order valence-electron chi connectivity index (χ1n) is 40.4. The lowest BCUT2D eigenvalue weighted by Gasteiger charge is -2.59. The van der Waals surface area contributed by atoms with E-state index in [0.29, 0.717) is 23.0 Å².